The molecule has 0 unspecified atom stereocenters. The van der Waals surface area contributed by atoms with Crippen molar-refractivity contribution in [1.29, 1.82) is 0 Å². The van der Waals surface area contributed by atoms with Crippen molar-refractivity contribution in [3.05, 3.63) is 99.6 Å². The van der Waals surface area contributed by atoms with Crippen LogP contribution in [0.3, 0.4) is 0 Å². The number of carbonyl (C=O) groups excluding carboxylic acids is 1. The molecule has 0 aromatic heterocycles. The summed E-state index contributed by atoms with van der Waals surface area (Å²) < 4.78 is 34.3. The number of phenolic OH excluding ortho intramolecular Hbond substituents is 2. The third-order valence-corrected chi connectivity index (χ3v) is 11.0. The number of fused-ring (bicyclic) bond motifs is 2. The minimum atomic E-state index is -0.545. The summed E-state index contributed by atoms with van der Waals surface area (Å²) in [5.41, 5.74) is 6.35. The maximum absolute atomic E-state index is 13.3. The van der Waals surface area contributed by atoms with Gasteiger partial charge in [-0.1, -0.05) is 24.3 Å². The molecule has 0 amide bonds. The van der Waals surface area contributed by atoms with Gasteiger partial charge in [0, 0.05) is 17.4 Å². The number of cyclic esters (lactones) is 1. The Morgan fingerprint density at radius 1 is 0.673 bits per heavy atom. The van der Waals surface area contributed by atoms with Crippen molar-refractivity contribution < 1.29 is 53.6 Å². The van der Waals surface area contributed by atoms with Crippen LogP contribution in [-0.2, 0) is 28.8 Å². The van der Waals surface area contributed by atoms with Crippen molar-refractivity contribution in [1.82, 2.24) is 0 Å². The van der Waals surface area contributed by atoms with Crippen LogP contribution < -0.4 is 23.7 Å². The number of carbonyl (C=O) groups is 1. The molecule has 7 rings (SSSR count). The summed E-state index contributed by atoms with van der Waals surface area (Å²) in [5.74, 6) is 1.04. The van der Waals surface area contributed by atoms with E-state index in [0.717, 1.165) is 44.7 Å². The molecule has 4 aromatic carbocycles. The number of rotatable bonds is 12. The lowest BCUT2D eigenvalue weighted by Gasteiger charge is -2.21. The zero-order chi connectivity index (χ0) is 36.7. The second kappa shape index (κ2) is 14.5. The predicted molar refractivity (Wildman–Crippen MR) is 190 cm³/mol. The highest BCUT2D eigenvalue weighted by molar-refractivity contribution is 5.75. The minimum Gasteiger partial charge on any atom is -0.504 e. The van der Waals surface area contributed by atoms with Crippen LogP contribution in [0, 0.1) is 11.8 Å². The van der Waals surface area contributed by atoms with Crippen LogP contribution in [0.5, 0.6) is 40.2 Å². The van der Waals surface area contributed by atoms with Gasteiger partial charge in [0.25, 0.3) is 0 Å². The van der Waals surface area contributed by atoms with E-state index in [1.54, 1.807) is 32.4 Å². The quantitative estimate of drug-likeness (QED) is 0.141. The topological polar surface area (TPSA) is 153 Å². The Labute approximate surface area is 302 Å². The van der Waals surface area contributed by atoms with Crippen molar-refractivity contribution in [2.45, 2.75) is 43.1 Å². The van der Waals surface area contributed by atoms with Crippen LogP contribution in [0.1, 0.15) is 62.8 Å². The number of ether oxygens (including phenoxy) is 6. The van der Waals surface area contributed by atoms with Gasteiger partial charge in [-0.25, -0.2) is 0 Å². The van der Waals surface area contributed by atoms with Crippen molar-refractivity contribution in [3.63, 3.8) is 0 Å². The summed E-state index contributed by atoms with van der Waals surface area (Å²) in [7, 11) is 6.19. The molecule has 1 aliphatic carbocycles. The Morgan fingerprint density at radius 3 is 1.92 bits per heavy atom. The maximum Gasteiger partial charge on any atom is 0.309 e. The van der Waals surface area contributed by atoms with Crippen LogP contribution in [0.15, 0.2) is 60.7 Å². The molecule has 2 aliphatic heterocycles. The van der Waals surface area contributed by atoms with Crippen molar-refractivity contribution >= 4 is 5.97 Å². The lowest BCUT2D eigenvalue weighted by molar-refractivity contribution is -0.141. The van der Waals surface area contributed by atoms with Gasteiger partial charge in [-0.3, -0.25) is 4.79 Å². The number of esters is 1. The number of phenols is 2. The van der Waals surface area contributed by atoms with Crippen LogP contribution in [-0.4, -0.2) is 74.7 Å². The number of hydrogen-bond donors (Lipinski definition) is 4. The Hall–Kier alpha value is -5.13. The first kappa shape index (κ1) is 35.3. The van der Waals surface area contributed by atoms with Gasteiger partial charge in [0.05, 0.1) is 60.1 Å². The molecule has 6 atom stereocenters. The summed E-state index contributed by atoms with van der Waals surface area (Å²) in [4.78, 5) is 13.3. The monoisotopic (exact) mass is 712 g/mol. The number of aliphatic hydroxyl groups is 2. The van der Waals surface area contributed by atoms with Crippen molar-refractivity contribution in [2.75, 3.05) is 48.3 Å². The number of aromatic hydroxyl groups is 2. The fourth-order valence-corrected chi connectivity index (χ4v) is 8.36. The Morgan fingerprint density at radius 2 is 1.27 bits per heavy atom. The molecular formula is C41H44O11. The van der Waals surface area contributed by atoms with Crippen molar-refractivity contribution in [3.8, 4) is 40.2 Å². The fourth-order valence-electron chi connectivity index (χ4n) is 8.36. The smallest absolute Gasteiger partial charge is 0.309 e. The zero-order valence-corrected chi connectivity index (χ0v) is 29.6. The molecule has 1 fully saturated rings. The molecular weight excluding hydrogens is 668 g/mol. The van der Waals surface area contributed by atoms with Crippen LogP contribution in [0.25, 0.3) is 0 Å². The van der Waals surface area contributed by atoms with Gasteiger partial charge in [-0.2, -0.15) is 0 Å². The van der Waals surface area contributed by atoms with Gasteiger partial charge in [-0.05, 0) is 95.0 Å². The van der Waals surface area contributed by atoms with E-state index in [2.05, 4.69) is 6.07 Å². The molecule has 3 aliphatic rings. The average Bonchev–Trinajstić information content (AvgIpc) is 3.84. The molecule has 0 spiro atoms. The molecule has 1 saturated heterocycles. The maximum atomic E-state index is 13.3. The highest BCUT2D eigenvalue weighted by atomic mass is 16.5. The molecule has 4 N–H and O–H groups in total. The summed E-state index contributed by atoms with van der Waals surface area (Å²) in [6.45, 7) is 0.0101. The summed E-state index contributed by atoms with van der Waals surface area (Å²) >= 11 is 0. The molecule has 0 saturated carbocycles. The van der Waals surface area contributed by atoms with Crippen LogP contribution in [0.4, 0.5) is 0 Å². The number of methoxy groups -OCH3 is 4. The number of benzene rings is 4. The highest BCUT2D eigenvalue weighted by Gasteiger charge is 2.41. The first-order valence-corrected chi connectivity index (χ1v) is 17.4. The summed E-state index contributed by atoms with van der Waals surface area (Å²) in [6, 6.07) is 18.3. The minimum absolute atomic E-state index is 0.00560. The molecule has 2 heterocycles. The highest BCUT2D eigenvalue weighted by Crippen LogP contribution is 2.52. The van der Waals surface area contributed by atoms with E-state index >= 15 is 0 Å². The van der Waals surface area contributed by atoms with E-state index in [1.807, 2.05) is 30.3 Å². The van der Waals surface area contributed by atoms with Crippen LogP contribution >= 0.6 is 0 Å². The molecule has 11 nitrogen and oxygen atoms in total. The molecule has 11 heteroatoms. The van der Waals surface area contributed by atoms with Gasteiger partial charge >= 0.3 is 5.97 Å². The van der Waals surface area contributed by atoms with E-state index in [0.29, 0.717) is 42.3 Å². The van der Waals surface area contributed by atoms with Crippen molar-refractivity contribution in [2.24, 2.45) is 11.8 Å². The second-order valence-corrected chi connectivity index (χ2v) is 13.8. The van der Waals surface area contributed by atoms with Gasteiger partial charge in [-0.15, -0.1) is 0 Å². The zero-order valence-electron chi connectivity index (χ0n) is 29.6. The molecule has 52 heavy (non-hydrogen) atoms. The van der Waals surface area contributed by atoms with E-state index in [4.69, 9.17) is 28.4 Å². The van der Waals surface area contributed by atoms with Gasteiger partial charge in [0.2, 0.25) is 0 Å². The number of hydrogen-bond acceptors (Lipinski definition) is 11. The Balaban J connectivity index is 1.14. The molecule has 0 radical (unpaired) electrons. The average molecular weight is 713 g/mol. The van der Waals surface area contributed by atoms with E-state index in [1.165, 1.54) is 20.3 Å². The lowest BCUT2D eigenvalue weighted by atomic mass is 9.82. The van der Waals surface area contributed by atoms with E-state index in [9.17, 15) is 25.2 Å². The third-order valence-electron chi connectivity index (χ3n) is 11.0. The van der Waals surface area contributed by atoms with E-state index in [-0.39, 0.29) is 55.0 Å². The predicted octanol–water partition coefficient (Wildman–Crippen LogP) is 5.33. The Bertz CT molecular complexity index is 1970. The van der Waals surface area contributed by atoms with Gasteiger partial charge in [0.15, 0.2) is 34.5 Å². The first-order chi connectivity index (χ1) is 25.2. The summed E-state index contributed by atoms with van der Waals surface area (Å²) in [6.07, 6.45) is 1.07. The summed E-state index contributed by atoms with van der Waals surface area (Å²) in [5, 5.41) is 41.5. The SMILES string of the molecule is COc1cc([C@H]2Cc3c(OC)cc(C[C@H]4COC(=O)[C@@H]4Cc4cc(OC)c5c(c4)[C@H](CO)[C@@H](c4ccc(O)c(OC)c4)O5)cc3[C@@H]2CO)ccc1O. The molecule has 4 aromatic rings. The lowest BCUT2D eigenvalue weighted by Crippen LogP contribution is -2.21. The second-order valence-electron chi connectivity index (χ2n) is 13.8. The normalized spacial score (nSPS) is 23.1. The number of aliphatic hydroxyl groups excluding tert-OH is 2. The standard InChI is InChI=1S/C41H44O11/c1-47-35-13-21(11-28-29(35)17-26(31(28)18-42)23-5-7-33(44)36(15-23)48-2)9-25-20-51-41(46)27(25)10-22-12-30-32(19-43)39(52-40(30)38(14-22)50-4)24-6-8-34(45)37(16-24)49-3/h5-8,11-16,25-27,31-32,39,42-45H,9-10,17-20H2,1-4H3/t25-,26+,27+,31+,32-,39+/m0/s1. The first-order valence-electron chi connectivity index (χ1n) is 17.4. The van der Waals surface area contributed by atoms with Crippen LogP contribution in [0.2, 0.25) is 0 Å². The van der Waals surface area contributed by atoms with Gasteiger partial charge < -0.3 is 48.8 Å². The third kappa shape index (κ3) is 6.22. The Kier molecular flexibility index (Phi) is 9.82. The molecule has 274 valence electrons. The largest absolute Gasteiger partial charge is 0.504 e. The van der Waals surface area contributed by atoms with E-state index < -0.39 is 17.9 Å². The van der Waals surface area contributed by atoms with Gasteiger partial charge in [0.1, 0.15) is 11.9 Å². The molecule has 0 bridgehead atoms. The fraction of sp³-hybridized carbons (Fsp3) is 0.390.